The summed E-state index contributed by atoms with van der Waals surface area (Å²) in [6.07, 6.45) is -0.998. The van der Waals surface area contributed by atoms with Crippen molar-refractivity contribution in [2.24, 2.45) is 0 Å². The quantitative estimate of drug-likeness (QED) is 0.468. The zero-order valence-electron chi connectivity index (χ0n) is 7.15. The molecule has 3 N–H and O–H groups in total. The second kappa shape index (κ2) is 3.51. The molecule has 0 radical (unpaired) electrons. The van der Waals surface area contributed by atoms with Crippen LogP contribution in [0.15, 0.2) is 0 Å². The molecular weight excluding hydrogens is 196 g/mol. The summed E-state index contributed by atoms with van der Waals surface area (Å²) in [4.78, 5) is 10.8. The molecule has 1 saturated heterocycles. The van der Waals surface area contributed by atoms with Gasteiger partial charge in [0.2, 0.25) is 0 Å². The normalized spacial score (nSPS) is 31.2. The van der Waals surface area contributed by atoms with Crippen molar-refractivity contribution in [3.05, 3.63) is 0 Å². The zero-order valence-corrected chi connectivity index (χ0v) is 7.97. The van der Waals surface area contributed by atoms with Gasteiger partial charge in [-0.1, -0.05) is 0 Å². The monoisotopic (exact) mass is 208 g/mol. The molecule has 0 aromatic heterocycles. The fraction of sp³-hybridized carbons (Fsp3) is 0.833. The molecule has 1 heterocycles. The third-order valence-electron chi connectivity index (χ3n) is 1.87. The zero-order chi connectivity index (χ0) is 10.1. The van der Waals surface area contributed by atoms with Gasteiger partial charge in [0.25, 0.3) is 0 Å². The van der Waals surface area contributed by atoms with Gasteiger partial charge in [-0.05, 0) is 0 Å². The summed E-state index contributed by atoms with van der Waals surface area (Å²) >= 11 is 0. The van der Waals surface area contributed by atoms with Gasteiger partial charge in [-0.2, -0.15) is 0 Å². The number of aliphatic hydroxyl groups is 1. The average molecular weight is 208 g/mol. The van der Waals surface area contributed by atoms with Gasteiger partial charge in [0, 0.05) is 7.05 Å². The van der Waals surface area contributed by atoms with Gasteiger partial charge in [-0.3, -0.25) is 0 Å². The van der Waals surface area contributed by atoms with Gasteiger partial charge in [-0.15, -0.1) is 0 Å². The minimum absolute atomic E-state index is 0.193. The molecule has 1 aliphatic heterocycles. The Morgan fingerprint density at radius 3 is 2.46 bits per heavy atom. The lowest BCUT2D eigenvalue weighted by atomic mass is 10.2. The second-order valence-electron chi connectivity index (χ2n) is 2.97. The number of aliphatic hydroxyl groups excluding tert-OH is 1. The van der Waals surface area contributed by atoms with Crippen LogP contribution < -0.4 is 10.6 Å². The Hall–Kier alpha value is -0.820. The summed E-state index contributed by atoms with van der Waals surface area (Å²) in [7, 11) is -1.77. The highest BCUT2D eigenvalue weighted by atomic mass is 32.2. The van der Waals surface area contributed by atoms with Crippen LogP contribution in [0.25, 0.3) is 0 Å². The highest BCUT2D eigenvalue weighted by Crippen LogP contribution is 2.11. The highest BCUT2D eigenvalue weighted by Gasteiger charge is 2.37. The summed E-state index contributed by atoms with van der Waals surface area (Å²) < 4.78 is 22.0. The Kier molecular flexibility index (Phi) is 2.77. The number of urea groups is 1. The molecule has 2 amide bonds. The van der Waals surface area contributed by atoms with Gasteiger partial charge in [0.1, 0.15) is 0 Å². The van der Waals surface area contributed by atoms with Crippen molar-refractivity contribution < 1.29 is 18.3 Å². The topological polar surface area (TPSA) is 95.5 Å². The summed E-state index contributed by atoms with van der Waals surface area (Å²) in [6, 6.07) is -1.17. The molecule has 76 valence electrons. The number of rotatable bonds is 1. The van der Waals surface area contributed by atoms with E-state index in [9.17, 15) is 18.3 Å². The number of sulfone groups is 1. The lowest BCUT2D eigenvalue weighted by Crippen LogP contribution is -2.46. The maximum absolute atomic E-state index is 11.0. The van der Waals surface area contributed by atoms with Gasteiger partial charge in [-0.25, -0.2) is 13.2 Å². The van der Waals surface area contributed by atoms with Gasteiger partial charge in [0.05, 0.1) is 23.7 Å². The molecule has 7 heteroatoms. The van der Waals surface area contributed by atoms with E-state index in [2.05, 4.69) is 10.6 Å². The van der Waals surface area contributed by atoms with E-state index in [-0.39, 0.29) is 11.5 Å². The van der Waals surface area contributed by atoms with Crippen LogP contribution in [-0.4, -0.2) is 50.3 Å². The number of carbonyl (C=O) groups excluding carboxylic acids is 1. The third-order valence-corrected chi connectivity index (χ3v) is 3.58. The lowest BCUT2D eigenvalue weighted by molar-refractivity contribution is 0.165. The van der Waals surface area contributed by atoms with E-state index in [1.165, 1.54) is 7.05 Å². The Labute approximate surface area is 76.2 Å². The van der Waals surface area contributed by atoms with Gasteiger partial charge in [0.15, 0.2) is 9.84 Å². The molecule has 13 heavy (non-hydrogen) atoms. The van der Waals surface area contributed by atoms with E-state index < -0.39 is 28.0 Å². The van der Waals surface area contributed by atoms with Crippen LogP contribution in [0.2, 0.25) is 0 Å². The largest absolute Gasteiger partial charge is 0.390 e. The van der Waals surface area contributed by atoms with Crippen molar-refractivity contribution in [3.8, 4) is 0 Å². The van der Waals surface area contributed by atoms with Crippen LogP contribution in [0.3, 0.4) is 0 Å². The van der Waals surface area contributed by atoms with Crippen LogP contribution in [0.1, 0.15) is 0 Å². The van der Waals surface area contributed by atoms with Gasteiger partial charge < -0.3 is 15.7 Å². The number of hydrogen-bond acceptors (Lipinski definition) is 4. The minimum atomic E-state index is -3.19. The van der Waals surface area contributed by atoms with Crippen LogP contribution in [-0.2, 0) is 9.84 Å². The number of hydrogen-bond donors (Lipinski definition) is 3. The highest BCUT2D eigenvalue weighted by molar-refractivity contribution is 7.91. The summed E-state index contributed by atoms with van der Waals surface area (Å²) in [5.74, 6) is -0.469. The van der Waals surface area contributed by atoms with Crippen molar-refractivity contribution >= 4 is 15.9 Å². The number of nitrogens with one attached hydrogen (secondary N) is 2. The Balaban J connectivity index is 2.59. The third kappa shape index (κ3) is 2.56. The van der Waals surface area contributed by atoms with E-state index in [1.807, 2.05) is 0 Å². The first kappa shape index (κ1) is 10.3. The average Bonchev–Trinajstić information content (AvgIpc) is 2.24. The summed E-state index contributed by atoms with van der Waals surface area (Å²) in [6.45, 7) is 0. The smallest absolute Gasteiger partial charge is 0.314 e. The molecule has 2 atom stereocenters. The maximum Gasteiger partial charge on any atom is 0.314 e. The molecule has 0 aromatic rings. The first-order valence-corrected chi connectivity index (χ1v) is 5.63. The van der Waals surface area contributed by atoms with Crippen LogP contribution in [0.4, 0.5) is 4.79 Å². The van der Waals surface area contributed by atoms with Crippen LogP contribution >= 0.6 is 0 Å². The fourth-order valence-corrected chi connectivity index (χ4v) is 2.95. The van der Waals surface area contributed by atoms with E-state index >= 15 is 0 Å². The second-order valence-corrected chi connectivity index (χ2v) is 5.13. The molecule has 0 bridgehead atoms. The Morgan fingerprint density at radius 2 is 2.08 bits per heavy atom. The Morgan fingerprint density at radius 1 is 1.46 bits per heavy atom. The fourth-order valence-electron chi connectivity index (χ4n) is 1.21. The van der Waals surface area contributed by atoms with Crippen molar-refractivity contribution in [2.75, 3.05) is 18.6 Å². The molecular formula is C6H12N2O4S. The van der Waals surface area contributed by atoms with Crippen molar-refractivity contribution in [1.82, 2.24) is 10.6 Å². The molecule has 1 fully saturated rings. The molecule has 2 unspecified atom stereocenters. The van der Waals surface area contributed by atoms with Crippen LogP contribution in [0.5, 0.6) is 0 Å². The van der Waals surface area contributed by atoms with E-state index in [0.717, 1.165) is 0 Å². The summed E-state index contributed by atoms with van der Waals surface area (Å²) in [5, 5.41) is 13.9. The molecule has 0 aliphatic carbocycles. The SMILES string of the molecule is CNC(=O)NC1CS(=O)(=O)CC1O. The van der Waals surface area contributed by atoms with Crippen LogP contribution in [0, 0.1) is 0 Å². The molecule has 6 nitrogen and oxygen atoms in total. The van der Waals surface area contributed by atoms with Crippen molar-refractivity contribution in [2.45, 2.75) is 12.1 Å². The molecule has 1 aliphatic rings. The first-order chi connectivity index (χ1) is 5.94. The maximum atomic E-state index is 11.0. The Bertz CT molecular complexity index is 300. The predicted octanol–water partition coefficient (Wildman–Crippen LogP) is -1.93. The molecule has 0 aromatic carbocycles. The van der Waals surface area contributed by atoms with E-state index in [0.29, 0.717) is 0 Å². The minimum Gasteiger partial charge on any atom is -0.390 e. The number of amides is 2. The van der Waals surface area contributed by atoms with Crippen molar-refractivity contribution in [1.29, 1.82) is 0 Å². The van der Waals surface area contributed by atoms with Crippen molar-refractivity contribution in [3.63, 3.8) is 0 Å². The standard InChI is InChI=1S/C6H12N2O4S/c1-7-6(10)8-4-2-13(11,12)3-5(4)9/h4-5,9H,2-3H2,1H3,(H2,7,8,10). The molecule has 1 rings (SSSR count). The lowest BCUT2D eigenvalue weighted by Gasteiger charge is -2.13. The molecule has 0 spiro atoms. The van der Waals surface area contributed by atoms with Gasteiger partial charge >= 0.3 is 6.03 Å². The first-order valence-electron chi connectivity index (χ1n) is 3.81. The number of carbonyl (C=O) groups is 1. The molecule has 0 saturated carbocycles. The summed E-state index contributed by atoms with van der Waals surface area (Å²) in [5.41, 5.74) is 0. The predicted molar refractivity (Wildman–Crippen MR) is 46.0 cm³/mol. The van der Waals surface area contributed by atoms with E-state index in [1.54, 1.807) is 0 Å². The van der Waals surface area contributed by atoms with E-state index in [4.69, 9.17) is 0 Å².